The fourth-order valence-corrected chi connectivity index (χ4v) is 1.45. The van der Waals surface area contributed by atoms with E-state index in [1.54, 1.807) is 12.1 Å². The Bertz CT molecular complexity index is 309. The van der Waals surface area contributed by atoms with Crippen molar-refractivity contribution in [3.05, 3.63) is 23.8 Å². The molecule has 0 radical (unpaired) electrons. The van der Waals surface area contributed by atoms with Gasteiger partial charge in [0.2, 0.25) is 0 Å². The minimum absolute atomic E-state index is 0.0416. The second-order valence-corrected chi connectivity index (χ2v) is 3.41. The maximum Gasteiger partial charge on any atom is 0.118 e. The SMILES string of the molecule is Cc1cc(N(CCO)CCO)ccc1O. The van der Waals surface area contributed by atoms with Crippen LogP contribution in [0.5, 0.6) is 5.75 Å². The van der Waals surface area contributed by atoms with Gasteiger partial charge in [-0.2, -0.15) is 0 Å². The maximum absolute atomic E-state index is 9.37. The third-order valence-corrected chi connectivity index (χ3v) is 2.29. The van der Waals surface area contributed by atoms with E-state index >= 15 is 0 Å². The van der Waals surface area contributed by atoms with Gasteiger partial charge in [-0.15, -0.1) is 0 Å². The number of nitrogens with zero attached hydrogens (tertiary/aromatic N) is 1. The number of aliphatic hydroxyl groups excluding tert-OH is 2. The topological polar surface area (TPSA) is 63.9 Å². The van der Waals surface area contributed by atoms with E-state index in [1.807, 2.05) is 17.9 Å². The molecule has 0 unspecified atom stereocenters. The predicted octanol–water partition coefficient (Wildman–Crippen LogP) is 0.492. The molecule has 15 heavy (non-hydrogen) atoms. The Hall–Kier alpha value is -1.26. The lowest BCUT2D eigenvalue weighted by Crippen LogP contribution is -2.29. The summed E-state index contributed by atoms with van der Waals surface area (Å²) in [5, 5.41) is 27.1. The summed E-state index contributed by atoms with van der Waals surface area (Å²) >= 11 is 0. The van der Waals surface area contributed by atoms with E-state index in [0.717, 1.165) is 11.3 Å². The molecule has 84 valence electrons. The quantitative estimate of drug-likeness (QED) is 0.663. The molecule has 0 aliphatic carbocycles. The van der Waals surface area contributed by atoms with Gasteiger partial charge in [-0.1, -0.05) is 0 Å². The zero-order valence-electron chi connectivity index (χ0n) is 8.85. The summed E-state index contributed by atoms with van der Waals surface area (Å²) in [4.78, 5) is 1.87. The summed E-state index contributed by atoms with van der Waals surface area (Å²) in [5.74, 6) is 0.256. The van der Waals surface area contributed by atoms with Crippen molar-refractivity contribution in [3.8, 4) is 5.75 Å². The number of aromatic hydroxyl groups is 1. The van der Waals surface area contributed by atoms with Crippen LogP contribution in [-0.2, 0) is 0 Å². The minimum atomic E-state index is 0.0416. The average Bonchev–Trinajstić information content (AvgIpc) is 2.22. The van der Waals surface area contributed by atoms with E-state index in [9.17, 15) is 5.11 Å². The van der Waals surface area contributed by atoms with E-state index < -0.39 is 0 Å². The minimum Gasteiger partial charge on any atom is -0.508 e. The molecule has 0 amide bonds. The van der Waals surface area contributed by atoms with E-state index in [1.165, 1.54) is 0 Å². The molecule has 0 aliphatic rings. The van der Waals surface area contributed by atoms with Crippen LogP contribution in [0, 0.1) is 6.92 Å². The molecule has 0 aliphatic heterocycles. The summed E-state index contributed by atoms with van der Waals surface area (Å²) < 4.78 is 0. The van der Waals surface area contributed by atoms with Gasteiger partial charge in [-0.3, -0.25) is 0 Å². The molecule has 0 heterocycles. The molecule has 1 aromatic carbocycles. The first kappa shape index (κ1) is 11.8. The van der Waals surface area contributed by atoms with Crippen molar-refractivity contribution in [2.24, 2.45) is 0 Å². The normalized spacial score (nSPS) is 10.3. The van der Waals surface area contributed by atoms with Crippen molar-refractivity contribution in [1.29, 1.82) is 0 Å². The van der Waals surface area contributed by atoms with Crippen LogP contribution in [-0.4, -0.2) is 41.6 Å². The summed E-state index contributed by atoms with van der Waals surface area (Å²) in [6, 6.07) is 5.22. The van der Waals surface area contributed by atoms with Crippen molar-refractivity contribution in [2.75, 3.05) is 31.2 Å². The molecule has 0 aromatic heterocycles. The third-order valence-electron chi connectivity index (χ3n) is 2.29. The molecule has 1 rings (SSSR count). The molecule has 4 nitrogen and oxygen atoms in total. The Morgan fingerprint density at radius 3 is 2.20 bits per heavy atom. The summed E-state index contributed by atoms with van der Waals surface area (Å²) in [5.41, 5.74) is 1.68. The predicted molar refractivity (Wildman–Crippen MR) is 59.2 cm³/mol. The molecular weight excluding hydrogens is 194 g/mol. The highest BCUT2D eigenvalue weighted by molar-refractivity contribution is 5.52. The number of aliphatic hydroxyl groups is 2. The number of aryl methyl sites for hydroxylation is 1. The van der Waals surface area contributed by atoms with Crippen LogP contribution in [0.25, 0.3) is 0 Å². The Balaban J connectivity index is 2.85. The van der Waals surface area contributed by atoms with Crippen molar-refractivity contribution in [1.82, 2.24) is 0 Å². The first-order chi connectivity index (χ1) is 7.19. The Morgan fingerprint density at radius 2 is 1.73 bits per heavy atom. The maximum atomic E-state index is 9.37. The van der Waals surface area contributed by atoms with Gasteiger partial charge in [-0.05, 0) is 30.7 Å². The third kappa shape index (κ3) is 3.11. The van der Waals surface area contributed by atoms with Gasteiger partial charge in [0.05, 0.1) is 13.2 Å². The van der Waals surface area contributed by atoms with Gasteiger partial charge < -0.3 is 20.2 Å². The number of hydrogen-bond acceptors (Lipinski definition) is 4. The molecule has 1 aromatic rings. The number of hydrogen-bond donors (Lipinski definition) is 3. The van der Waals surface area contributed by atoms with Crippen molar-refractivity contribution < 1.29 is 15.3 Å². The number of anilines is 1. The van der Waals surface area contributed by atoms with Gasteiger partial charge in [0.25, 0.3) is 0 Å². The van der Waals surface area contributed by atoms with Crippen LogP contribution in [0.4, 0.5) is 5.69 Å². The van der Waals surface area contributed by atoms with E-state index in [-0.39, 0.29) is 19.0 Å². The molecule has 0 atom stereocenters. The van der Waals surface area contributed by atoms with Crippen molar-refractivity contribution in [3.63, 3.8) is 0 Å². The molecule has 0 fully saturated rings. The lowest BCUT2D eigenvalue weighted by molar-refractivity contribution is 0.281. The van der Waals surface area contributed by atoms with Crippen LogP contribution in [0.15, 0.2) is 18.2 Å². The van der Waals surface area contributed by atoms with E-state index in [2.05, 4.69) is 0 Å². The zero-order chi connectivity index (χ0) is 11.3. The Labute approximate surface area is 89.4 Å². The van der Waals surface area contributed by atoms with Crippen LogP contribution >= 0.6 is 0 Å². The summed E-state index contributed by atoms with van der Waals surface area (Å²) in [7, 11) is 0. The molecule has 0 bridgehead atoms. The highest BCUT2D eigenvalue weighted by Crippen LogP contribution is 2.22. The van der Waals surface area contributed by atoms with Crippen molar-refractivity contribution >= 4 is 5.69 Å². The first-order valence-electron chi connectivity index (χ1n) is 4.95. The second kappa shape index (κ2) is 5.58. The van der Waals surface area contributed by atoms with Crippen LogP contribution in [0.3, 0.4) is 0 Å². The standard InChI is InChI=1S/C11H17NO3/c1-9-8-10(2-3-11(9)15)12(4-6-13)5-7-14/h2-3,8,13-15H,4-7H2,1H3. The highest BCUT2D eigenvalue weighted by atomic mass is 16.3. The molecule has 0 saturated heterocycles. The van der Waals surface area contributed by atoms with Gasteiger partial charge >= 0.3 is 0 Å². The second-order valence-electron chi connectivity index (χ2n) is 3.41. The summed E-state index contributed by atoms with van der Waals surface area (Å²) in [6.07, 6.45) is 0. The zero-order valence-corrected chi connectivity index (χ0v) is 8.85. The molecule has 3 N–H and O–H groups in total. The van der Waals surface area contributed by atoms with Gasteiger partial charge in [0.15, 0.2) is 0 Å². The largest absolute Gasteiger partial charge is 0.508 e. The van der Waals surface area contributed by atoms with Gasteiger partial charge in [0.1, 0.15) is 5.75 Å². The van der Waals surface area contributed by atoms with Gasteiger partial charge in [0, 0.05) is 18.8 Å². The molecular formula is C11H17NO3. The fraction of sp³-hybridized carbons (Fsp3) is 0.455. The lowest BCUT2D eigenvalue weighted by Gasteiger charge is -2.23. The smallest absolute Gasteiger partial charge is 0.118 e. The van der Waals surface area contributed by atoms with Crippen LogP contribution < -0.4 is 4.90 Å². The van der Waals surface area contributed by atoms with Crippen LogP contribution in [0.2, 0.25) is 0 Å². The molecule has 0 spiro atoms. The highest BCUT2D eigenvalue weighted by Gasteiger charge is 2.06. The summed E-state index contributed by atoms with van der Waals surface area (Å²) in [6.45, 7) is 2.85. The molecule has 4 heteroatoms. The Kier molecular flexibility index (Phi) is 4.39. The monoisotopic (exact) mass is 211 g/mol. The van der Waals surface area contributed by atoms with E-state index in [4.69, 9.17) is 10.2 Å². The lowest BCUT2D eigenvalue weighted by atomic mass is 10.2. The fourth-order valence-electron chi connectivity index (χ4n) is 1.45. The number of benzene rings is 1. The Morgan fingerprint density at radius 1 is 1.13 bits per heavy atom. The molecule has 0 saturated carbocycles. The van der Waals surface area contributed by atoms with E-state index in [0.29, 0.717) is 13.1 Å². The number of phenols is 1. The average molecular weight is 211 g/mol. The van der Waals surface area contributed by atoms with Crippen molar-refractivity contribution in [2.45, 2.75) is 6.92 Å². The first-order valence-corrected chi connectivity index (χ1v) is 4.95. The van der Waals surface area contributed by atoms with Gasteiger partial charge in [-0.25, -0.2) is 0 Å². The number of rotatable bonds is 5. The van der Waals surface area contributed by atoms with Crippen LogP contribution in [0.1, 0.15) is 5.56 Å². The number of phenolic OH excluding ortho intramolecular Hbond substituents is 1.